The van der Waals surface area contributed by atoms with Crippen molar-refractivity contribution >= 4 is 0 Å². The minimum absolute atomic E-state index is 0.565. The summed E-state index contributed by atoms with van der Waals surface area (Å²) in [6.45, 7) is 3.23. The number of unbranched alkanes of at least 4 members (excludes halogenated alkanes) is 2. The van der Waals surface area contributed by atoms with Crippen LogP contribution in [0.25, 0.3) is 0 Å². The van der Waals surface area contributed by atoms with Gasteiger partial charge in [-0.1, -0.05) is 19.8 Å². The Bertz CT molecular complexity index is 181. The van der Waals surface area contributed by atoms with Gasteiger partial charge in [-0.05, 0) is 39.2 Å². The number of rotatable bonds is 5. The molecule has 15 heavy (non-hydrogen) atoms. The maximum Gasteiger partial charge on any atom is 0.0604 e. The first-order valence-electron chi connectivity index (χ1n) is 6.64. The third-order valence-electron chi connectivity index (χ3n) is 4.16. The Hall–Kier alpha value is -0.0800. The summed E-state index contributed by atoms with van der Waals surface area (Å²) in [5.41, 5.74) is 0. The van der Waals surface area contributed by atoms with E-state index in [0.717, 1.165) is 18.7 Å². The van der Waals surface area contributed by atoms with Crippen LogP contribution in [0, 0.1) is 0 Å². The molecule has 0 N–H and O–H groups in total. The van der Waals surface area contributed by atoms with Crippen molar-refractivity contribution in [2.24, 2.45) is 0 Å². The monoisotopic (exact) mass is 211 g/mol. The molecule has 2 rings (SSSR count). The number of nitrogens with zero attached hydrogens (tertiary/aromatic N) is 1. The quantitative estimate of drug-likeness (QED) is 0.648. The van der Waals surface area contributed by atoms with Crippen LogP contribution in [0.4, 0.5) is 0 Å². The van der Waals surface area contributed by atoms with Gasteiger partial charge in [-0.15, -0.1) is 0 Å². The van der Waals surface area contributed by atoms with Crippen molar-refractivity contribution in [2.75, 3.05) is 13.7 Å². The van der Waals surface area contributed by atoms with Gasteiger partial charge in [0.25, 0.3) is 0 Å². The first kappa shape index (κ1) is 11.4. The second kappa shape index (κ2) is 5.31. The Balaban J connectivity index is 1.68. The van der Waals surface area contributed by atoms with Crippen molar-refractivity contribution in [1.29, 1.82) is 0 Å². The van der Waals surface area contributed by atoms with E-state index in [1.165, 1.54) is 44.9 Å². The molecule has 0 aromatic rings. The van der Waals surface area contributed by atoms with Crippen molar-refractivity contribution in [3.05, 3.63) is 0 Å². The molecular formula is C13H25NO. The summed E-state index contributed by atoms with van der Waals surface area (Å²) in [4.78, 5) is 2.58. The Morgan fingerprint density at radius 1 is 1.13 bits per heavy atom. The van der Waals surface area contributed by atoms with Crippen LogP contribution >= 0.6 is 0 Å². The average molecular weight is 211 g/mol. The first-order valence-corrected chi connectivity index (χ1v) is 6.64. The number of hydrogen-bond donors (Lipinski definition) is 0. The summed E-state index contributed by atoms with van der Waals surface area (Å²) < 4.78 is 5.99. The summed E-state index contributed by atoms with van der Waals surface area (Å²) in [5, 5.41) is 0. The van der Waals surface area contributed by atoms with E-state index in [0.29, 0.717) is 6.10 Å². The minimum atomic E-state index is 0.565. The normalized spacial score (nSPS) is 36.0. The van der Waals surface area contributed by atoms with Gasteiger partial charge in [-0.25, -0.2) is 0 Å². The molecule has 2 saturated heterocycles. The third kappa shape index (κ3) is 2.73. The zero-order chi connectivity index (χ0) is 10.7. The van der Waals surface area contributed by atoms with Crippen molar-refractivity contribution in [3.8, 4) is 0 Å². The van der Waals surface area contributed by atoms with E-state index in [2.05, 4.69) is 18.9 Å². The van der Waals surface area contributed by atoms with Crippen molar-refractivity contribution in [3.63, 3.8) is 0 Å². The number of fused-ring (bicyclic) bond motifs is 2. The fraction of sp³-hybridized carbons (Fsp3) is 1.00. The summed E-state index contributed by atoms with van der Waals surface area (Å²) in [7, 11) is 2.29. The second-order valence-corrected chi connectivity index (χ2v) is 5.22. The highest BCUT2D eigenvalue weighted by atomic mass is 16.5. The Morgan fingerprint density at radius 3 is 2.40 bits per heavy atom. The molecule has 2 aliphatic rings. The first-order chi connectivity index (χ1) is 7.31. The van der Waals surface area contributed by atoms with Gasteiger partial charge >= 0.3 is 0 Å². The Kier molecular flexibility index (Phi) is 4.04. The third-order valence-corrected chi connectivity index (χ3v) is 4.16. The van der Waals surface area contributed by atoms with Gasteiger partial charge in [0, 0.05) is 18.7 Å². The molecule has 0 amide bonds. The van der Waals surface area contributed by atoms with E-state index in [1.54, 1.807) is 0 Å². The van der Waals surface area contributed by atoms with Crippen molar-refractivity contribution in [1.82, 2.24) is 4.90 Å². The highest BCUT2D eigenvalue weighted by molar-refractivity contribution is 4.93. The van der Waals surface area contributed by atoms with Crippen LogP contribution < -0.4 is 0 Å². The van der Waals surface area contributed by atoms with Crippen LogP contribution in [0.3, 0.4) is 0 Å². The standard InChI is InChI=1S/C13H25NO/c1-3-4-5-8-15-13-9-11-6-7-12(10-13)14(11)2/h11-13H,3-10H2,1-2H3. The highest BCUT2D eigenvalue weighted by Crippen LogP contribution is 2.35. The van der Waals surface area contributed by atoms with Crippen LogP contribution in [0.5, 0.6) is 0 Å². The van der Waals surface area contributed by atoms with Gasteiger partial charge < -0.3 is 9.64 Å². The molecule has 2 atom stereocenters. The molecule has 0 radical (unpaired) electrons. The molecule has 0 aromatic heterocycles. The van der Waals surface area contributed by atoms with Gasteiger partial charge in [-0.2, -0.15) is 0 Å². The van der Waals surface area contributed by atoms with E-state index in [9.17, 15) is 0 Å². The van der Waals surface area contributed by atoms with Crippen LogP contribution in [-0.4, -0.2) is 36.7 Å². The summed E-state index contributed by atoms with van der Waals surface area (Å²) in [6, 6.07) is 1.64. The summed E-state index contributed by atoms with van der Waals surface area (Å²) in [6.07, 6.45) is 9.78. The van der Waals surface area contributed by atoms with Crippen molar-refractivity contribution < 1.29 is 4.74 Å². The molecule has 2 fully saturated rings. The van der Waals surface area contributed by atoms with E-state index >= 15 is 0 Å². The summed E-state index contributed by atoms with van der Waals surface area (Å²) >= 11 is 0. The number of ether oxygens (including phenoxy) is 1. The predicted molar refractivity (Wildman–Crippen MR) is 63.1 cm³/mol. The maximum absolute atomic E-state index is 5.99. The molecule has 2 bridgehead atoms. The van der Waals surface area contributed by atoms with E-state index < -0.39 is 0 Å². The number of hydrogen-bond acceptors (Lipinski definition) is 2. The fourth-order valence-corrected chi connectivity index (χ4v) is 3.10. The molecular weight excluding hydrogens is 186 g/mol. The fourth-order valence-electron chi connectivity index (χ4n) is 3.10. The van der Waals surface area contributed by atoms with E-state index in [4.69, 9.17) is 4.74 Å². The van der Waals surface area contributed by atoms with Crippen molar-refractivity contribution in [2.45, 2.75) is 70.1 Å². The second-order valence-electron chi connectivity index (χ2n) is 5.22. The lowest BCUT2D eigenvalue weighted by Crippen LogP contribution is -2.42. The van der Waals surface area contributed by atoms with Crippen LogP contribution in [-0.2, 0) is 4.74 Å². The van der Waals surface area contributed by atoms with E-state index in [1.807, 2.05) is 0 Å². The molecule has 88 valence electrons. The molecule has 0 aromatic carbocycles. The van der Waals surface area contributed by atoms with Crippen LogP contribution in [0.15, 0.2) is 0 Å². The molecule has 2 heteroatoms. The molecule has 2 aliphatic heterocycles. The van der Waals surface area contributed by atoms with Gasteiger partial charge in [0.2, 0.25) is 0 Å². The lowest BCUT2D eigenvalue weighted by atomic mass is 10.0. The topological polar surface area (TPSA) is 12.5 Å². The van der Waals surface area contributed by atoms with Gasteiger partial charge in [0.05, 0.1) is 6.10 Å². The molecule has 2 unspecified atom stereocenters. The van der Waals surface area contributed by atoms with Gasteiger partial charge in [0.1, 0.15) is 0 Å². The highest BCUT2D eigenvalue weighted by Gasteiger charge is 2.38. The zero-order valence-electron chi connectivity index (χ0n) is 10.2. The van der Waals surface area contributed by atoms with E-state index in [-0.39, 0.29) is 0 Å². The van der Waals surface area contributed by atoms with Gasteiger partial charge in [-0.3, -0.25) is 0 Å². The lowest BCUT2D eigenvalue weighted by molar-refractivity contribution is -0.0134. The smallest absolute Gasteiger partial charge is 0.0604 e. The molecule has 0 aliphatic carbocycles. The molecule has 2 nitrogen and oxygen atoms in total. The molecule has 0 spiro atoms. The predicted octanol–water partition coefficient (Wildman–Crippen LogP) is 2.82. The van der Waals surface area contributed by atoms with Gasteiger partial charge in [0.15, 0.2) is 0 Å². The SMILES string of the molecule is CCCCCOC1CC2CCC(C1)N2C. The Morgan fingerprint density at radius 2 is 1.80 bits per heavy atom. The maximum atomic E-state index is 5.99. The lowest BCUT2D eigenvalue weighted by Gasteiger charge is -2.36. The molecule has 2 heterocycles. The minimum Gasteiger partial charge on any atom is -0.378 e. The summed E-state index contributed by atoms with van der Waals surface area (Å²) in [5.74, 6) is 0. The zero-order valence-corrected chi connectivity index (χ0v) is 10.2. The number of piperidine rings is 1. The average Bonchev–Trinajstić information content (AvgIpc) is 2.50. The van der Waals surface area contributed by atoms with Crippen LogP contribution in [0.1, 0.15) is 51.9 Å². The molecule has 0 saturated carbocycles. The largest absolute Gasteiger partial charge is 0.378 e. The Labute approximate surface area is 94.0 Å². The van der Waals surface area contributed by atoms with Crippen LogP contribution in [0.2, 0.25) is 0 Å².